The van der Waals surface area contributed by atoms with Gasteiger partial charge in [0.1, 0.15) is 5.56 Å². The normalized spacial score (nSPS) is 17.1. The van der Waals surface area contributed by atoms with Crippen molar-refractivity contribution in [1.29, 1.82) is 0 Å². The van der Waals surface area contributed by atoms with Gasteiger partial charge in [0.2, 0.25) is 0 Å². The zero-order chi connectivity index (χ0) is 18.7. The third-order valence-electron chi connectivity index (χ3n) is 4.63. The lowest BCUT2D eigenvalue weighted by molar-refractivity contribution is 0.102. The number of benzene rings is 1. The van der Waals surface area contributed by atoms with E-state index >= 15 is 0 Å². The molecule has 2 heterocycles. The van der Waals surface area contributed by atoms with Crippen LogP contribution in [0.3, 0.4) is 0 Å². The lowest BCUT2D eigenvalue weighted by Crippen LogP contribution is -2.36. The van der Waals surface area contributed by atoms with Crippen LogP contribution in [0.1, 0.15) is 28.8 Å². The van der Waals surface area contributed by atoms with Gasteiger partial charge >= 0.3 is 0 Å². The van der Waals surface area contributed by atoms with Crippen molar-refractivity contribution in [2.45, 2.75) is 26.3 Å². The smallest absolute Gasteiger partial charge is 0.263 e. The van der Waals surface area contributed by atoms with Gasteiger partial charge in [-0.15, -0.1) is 0 Å². The number of nitrogens with one attached hydrogen (secondary N) is 2. The highest BCUT2D eigenvalue weighted by atomic mass is 19.2. The number of hydrogen-bond acceptors (Lipinski definition) is 3. The summed E-state index contributed by atoms with van der Waals surface area (Å²) in [6.07, 6.45) is 3.79. The van der Waals surface area contributed by atoms with Crippen LogP contribution in [-0.2, 0) is 6.54 Å². The summed E-state index contributed by atoms with van der Waals surface area (Å²) in [5.74, 6) is -2.35. The Labute approximate surface area is 150 Å². The maximum absolute atomic E-state index is 13.3. The second-order valence-corrected chi connectivity index (χ2v) is 6.63. The van der Waals surface area contributed by atoms with Crippen LogP contribution in [0.2, 0.25) is 0 Å². The van der Waals surface area contributed by atoms with Gasteiger partial charge in [0.25, 0.3) is 11.5 Å². The summed E-state index contributed by atoms with van der Waals surface area (Å²) in [5, 5.41) is 5.77. The minimum Gasteiger partial charge on any atom is -0.322 e. The van der Waals surface area contributed by atoms with Crippen LogP contribution in [0.25, 0.3) is 0 Å². The molecule has 1 fully saturated rings. The molecule has 0 spiro atoms. The van der Waals surface area contributed by atoms with E-state index in [9.17, 15) is 18.4 Å². The summed E-state index contributed by atoms with van der Waals surface area (Å²) < 4.78 is 27.9. The fourth-order valence-corrected chi connectivity index (χ4v) is 3.21. The summed E-state index contributed by atoms with van der Waals surface area (Å²) in [5.41, 5.74) is 0.268. The number of nitrogens with zero attached hydrogens (tertiary/aromatic N) is 1. The molecule has 0 bridgehead atoms. The first-order valence-corrected chi connectivity index (χ1v) is 8.63. The second-order valence-electron chi connectivity index (χ2n) is 6.63. The molecule has 138 valence electrons. The van der Waals surface area contributed by atoms with Crippen molar-refractivity contribution in [2.75, 3.05) is 18.4 Å². The topological polar surface area (TPSA) is 63.1 Å². The summed E-state index contributed by atoms with van der Waals surface area (Å²) in [6.45, 7) is 4.05. The Morgan fingerprint density at radius 1 is 1.31 bits per heavy atom. The van der Waals surface area contributed by atoms with Crippen LogP contribution in [0.4, 0.5) is 14.5 Å². The van der Waals surface area contributed by atoms with Crippen LogP contribution in [0, 0.1) is 24.5 Å². The first kappa shape index (κ1) is 18.3. The number of hydrogen-bond donors (Lipinski definition) is 2. The molecule has 1 unspecified atom stereocenters. The van der Waals surface area contributed by atoms with Crippen molar-refractivity contribution in [1.82, 2.24) is 9.88 Å². The Bertz CT molecular complexity index is 874. The molecule has 3 rings (SSSR count). The molecule has 7 heteroatoms. The predicted molar refractivity (Wildman–Crippen MR) is 95.3 cm³/mol. The van der Waals surface area contributed by atoms with Gasteiger partial charge in [0.05, 0.1) is 0 Å². The molecule has 0 saturated carbocycles. The summed E-state index contributed by atoms with van der Waals surface area (Å²) in [4.78, 5) is 25.3. The average molecular weight is 361 g/mol. The van der Waals surface area contributed by atoms with E-state index in [0.717, 1.165) is 38.1 Å². The Kier molecular flexibility index (Phi) is 5.46. The van der Waals surface area contributed by atoms with Gasteiger partial charge in [-0.2, -0.15) is 0 Å². The number of pyridine rings is 1. The SMILES string of the molecule is Cc1ccn(CC2CCCNC2)c(=O)c1C(=O)Nc1ccc(F)c(F)c1. The van der Waals surface area contributed by atoms with Gasteiger partial charge in [-0.3, -0.25) is 9.59 Å². The number of halogens is 2. The van der Waals surface area contributed by atoms with Crippen LogP contribution in [-0.4, -0.2) is 23.6 Å². The fourth-order valence-electron chi connectivity index (χ4n) is 3.21. The largest absolute Gasteiger partial charge is 0.322 e. The van der Waals surface area contributed by atoms with Crippen LogP contribution in [0.5, 0.6) is 0 Å². The number of aryl methyl sites for hydroxylation is 1. The minimum atomic E-state index is -1.06. The minimum absolute atomic E-state index is 0.0148. The highest BCUT2D eigenvalue weighted by molar-refractivity contribution is 6.04. The van der Waals surface area contributed by atoms with Gasteiger partial charge < -0.3 is 15.2 Å². The van der Waals surface area contributed by atoms with Crippen molar-refractivity contribution in [2.24, 2.45) is 5.92 Å². The van der Waals surface area contributed by atoms with E-state index in [1.54, 1.807) is 23.8 Å². The summed E-state index contributed by atoms with van der Waals surface area (Å²) in [6, 6.07) is 4.79. The number of aromatic nitrogens is 1. The molecular weight excluding hydrogens is 340 g/mol. The number of amides is 1. The van der Waals surface area contributed by atoms with Gasteiger partial charge in [-0.25, -0.2) is 8.78 Å². The van der Waals surface area contributed by atoms with E-state index in [0.29, 0.717) is 18.0 Å². The maximum atomic E-state index is 13.3. The van der Waals surface area contributed by atoms with Crippen molar-refractivity contribution < 1.29 is 13.6 Å². The molecule has 1 atom stereocenters. The second kappa shape index (κ2) is 7.78. The number of carbonyl (C=O) groups excluding carboxylic acids is 1. The third-order valence-corrected chi connectivity index (χ3v) is 4.63. The Morgan fingerprint density at radius 3 is 2.81 bits per heavy atom. The Morgan fingerprint density at radius 2 is 2.12 bits per heavy atom. The van der Waals surface area contributed by atoms with Gasteiger partial charge in [-0.05, 0) is 62.5 Å². The molecule has 1 aliphatic heterocycles. The molecule has 1 saturated heterocycles. The highest BCUT2D eigenvalue weighted by Crippen LogP contribution is 2.15. The van der Waals surface area contributed by atoms with E-state index in [2.05, 4.69) is 10.6 Å². The zero-order valence-electron chi connectivity index (χ0n) is 14.5. The van der Waals surface area contributed by atoms with Crippen molar-refractivity contribution in [3.05, 3.63) is 63.6 Å². The quantitative estimate of drug-likeness (QED) is 0.880. The predicted octanol–water partition coefficient (Wildman–Crippen LogP) is 2.69. The van der Waals surface area contributed by atoms with Crippen molar-refractivity contribution in [3.63, 3.8) is 0 Å². The van der Waals surface area contributed by atoms with E-state index in [1.165, 1.54) is 6.07 Å². The Hall–Kier alpha value is -2.54. The van der Waals surface area contributed by atoms with Crippen molar-refractivity contribution in [3.8, 4) is 0 Å². The van der Waals surface area contributed by atoms with E-state index in [4.69, 9.17) is 0 Å². The van der Waals surface area contributed by atoms with Crippen molar-refractivity contribution >= 4 is 11.6 Å². The van der Waals surface area contributed by atoms with Crippen LogP contribution < -0.4 is 16.2 Å². The molecule has 2 N–H and O–H groups in total. The van der Waals surface area contributed by atoms with Crippen LogP contribution in [0.15, 0.2) is 35.3 Å². The molecule has 26 heavy (non-hydrogen) atoms. The van der Waals surface area contributed by atoms with Gasteiger partial charge in [-0.1, -0.05) is 0 Å². The van der Waals surface area contributed by atoms with E-state index in [1.807, 2.05) is 0 Å². The number of piperidine rings is 1. The zero-order valence-corrected chi connectivity index (χ0v) is 14.5. The highest BCUT2D eigenvalue weighted by Gasteiger charge is 2.19. The maximum Gasteiger partial charge on any atom is 0.263 e. The molecule has 2 aromatic rings. The van der Waals surface area contributed by atoms with Crippen LogP contribution >= 0.6 is 0 Å². The molecule has 1 aromatic carbocycles. The average Bonchev–Trinajstić information content (AvgIpc) is 2.62. The number of carbonyl (C=O) groups is 1. The number of anilines is 1. The fraction of sp³-hybridized carbons (Fsp3) is 0.368. The molecule has 1 aromatic heterocycles. The van der Waals surface area contributed by atoms with Gasteiger partial charge in [0.15, 0.2) is 11.6 Å². The molecular formula is C19H21F2N3O2. The van der Waals surface area contributed by atoms with E-state index in [-0.39, 0.29) is 16.8 Å². The molecule has 5 nitrogen and oxygen atoms in total. The molecule has 1 amide bonds. The number of rotatable bonds is 4. The lowest BCUT2D eigenvalue weighted by atomic mass is 9.99. The first-order valence-electron chi connectivity index (χ1n) is 8.63. The molecule has 0 radical (unpaired) electrons. The van der Waals surface area contributed by atoms with Gasteiger partial charge in [0, 0.05) is 24.5 Å². The Balaban J connectivity index is 1.83. The lowest BCUT2D eigenvalue weighted by Gasteiger charge is -2.23. The molecule has 1 aliphatic rings. The third kappa shape index (κ3) is 3.99. The summed E-state index contributed by atoms with van der Waals surface area (Å²) >= 11 is 0. The monoisotopic (exact) mass is 361 g/mol. The van der Waals surface area contributed by atoms with E-state index < -0.39 is 17.5 Å². The first-order chi connectivity index (χ1) is 12.5. The summed E-state index contributed by atoms with van der Waals surface area (Å²) in [7, 11) is 0. The standard InChI is InChI=1S/C19H21F2N3O2/c1-12-6-8-24(11-13-3-2-7-22-10-13)19(26)17(12)18(25)23-14-4-5-15(20)16(21)9-14/h4-6,8-9,13,22H,2-3,7,10-11H2,1H3,(H,23,25). The molecule has 0 aliphatic carbocycles.